The summed E-state index contributed by atoms with van der Waals surface area (Å²) in [4.78, 5) is 21.6. The molecular weight excluding hydrogens is 503 g/mol. The average molecular weight is 547 g/mol. The number of carbonyl (C=O) groups is 1. The Balaban J connectivity index is 1.04. The fourth-order valence-corrected chi connectivity index (χ4v) is 7.44. The van der Waals surface area contributed by atoms with Gasteiger partial charge in [0.1, 0.15) is 11.9 Å². The Morgan fingerprint density at radius 2 is 1.85 bits per heavy atom. The summed E-state index contributed by atoms with van der Waals surface area (Å²) in [6.45, 7) is 5.65. The lowest BCUT2D eigenvalue weighted by atomic mass is 9.80. The smallest absolute Gasteiger partial charge is 0.320 e. The molecule has 214 valence electrons. The van der Waals surface area contributed by atoms with Crippen LogP contribution in [0, 0.1) is 23.6 Å². The summed E-state index contributed by atoms with van der Waals surface area (Å²) < 4.78 is 16.5. The SMILES string of the molecule is O=C(O)C(CC1CCC1)N1CC(CN2CCC(CCCn3cnc4ccccc43)CC2)C(c2cccc(F)c2)C1. The van der Waals surface area contributed by atoms with Crippen LogP contribution in [0.3, 0.4) is 0 Å². The van der Waals surface area contributed by atoms with Crippen LogP contribution in [0.5, 0.6) is 0 Å². The average Bonchev–Trinajstić information content (AvgIpc) is 3.53. The Hall–Kier alpha value is -2.77. The maximum absolute atomic E-state index is 14.2. The number of aryl methyl sites for hydroxylation is 1. The number of piperidine rings is 1. The number of aliphatic carboxylic acids is 1. The minimum Gasteiger partial charge on any atom is -0.480 e. The fraction of sp³-hybridized carbons (Fsp3) is 0.576. The van der Waals surface area contributed by atoms with E-state index in [2.05, 4.69) is 37.5 Å². The van der Waals surface area contributed by atoms with E-state index in [1.165, 1.54) is 43.7 Å². The molecule has 3 aliphatic rings. The van der Waals surface area contributed by atoms with Gasteiger partial charge in [-0.3, -0.25) is 9.69 Å². The molecule has 0 radical (unpaired) electrons. The summed E-state index contributed by atoms with van der Waals surface area (Å²) in [5.41, 5.74) is 3.30. The zero-order valence-electron chi connectivity index (χ0n) is 23.5. The first-order valence-corrected chi connectivity index (χ1v) is 15.4. The molecule has 3 fully saturated rings. The molecule has 6 rings (SSSR count). The van der Waals surface area contributed by atoms with Crippen LogP contribution in [0.4, 0.5) is 4.39 Å². The van der Waals surface area contributed by atoms with Crippen LogP contribution < -0.4 is 0 Å². The molecule has 3 heterocycles. The first-order chi connectivity index (χ1) is 19.5. The lowest BCUT2D eigenvalue weighted by Crippen LogP contribution is -2.43. The predicted octanol–water partition coefficient (Wildman–Crippen LogP) is 6.03. The van der Waals surface area contributed by atoms with E-state index in [-0.39, 0.29) is 11.7 Å². The highest BCUT2D eigenvalue weighted by Gasteiger charge is 2.41. The third-order valence-corrected chi connectivity index (χ3v) is 9.99. The van der Waals surface area contributed by atoms with Crippen molar-refractivity contribution in [3.63, 3.8) is 0 Å². The van der Waals surface area contributed by atoms with E-state index in [0.717, 1.165) is 69.0 Å². The Labute approximate surface area is 237 Å². The highest BCUT2D eigenvalue weighted by Crippen LogP contribution is 2.38. The highest BCUT2D eigenvalue weighted by molar-refractivity contribution is 5.75. The van der Waals surface area contributed by atoms with Gasteiger partial charge < -0.3 is 14.6 Å². The van der Waals surface area contributed by atoms with Crippen molar-refractivity contribution in [3.8, 4) is 0 Å². The number of carboxylic acids is 1. The molecule has 2 saturated heterocycles. The second kappa shape index (κ2) is 12.4. The fourth-order valence-electron chi connectivity index (χ4n) is 7.44. The van der Waals surface area contributed by atoms with Gasteiger partial charge in [0.05, 0.1) is 17.4 Å². The second-order valence-electron chi connectivity index (χ2n) is 12.6. The van der Waals surface area contributed by atoms with Crippen LogP contribution in [-0.4, -0.2) is 69.2 Å². The summed E-state index contributed by atoms with van der Waals surface area (Å²) in [6, 6.07) is 14.9. The van der Waals surface area contributed by atoms with Crippen molar-refractivity contribution < 1.29 is 14.3 Å². The number of rotatable bonds is 11. The topological polar surface area (TPSA) is 61.6 Å². The molecule has 1 aromatic heterocycles. The number of carboxylic acid groups (broad SMARTS) is 1. The third kappa shape index (κ3) is 6.26. The highest BCUT2D eigenvalue weighted by atomic mass is 19.1. The summed E-state index contributed by atoms with van der Waals surface area (Å²) in [5.74, 6) is 0.875. The van der Waals surface area contributed by atoms with Crippen molar-refractivity contribution in [1.29, 1.82) is 0 Å². The molecule has 0 amide bonds. The molecule has 6 nitrogen and oxygen atoms in total. The first-order valence-electron chi connectivity index (χ1n) is 15.4. The molecule has 0 bridgehead atoms. The van der Waals surface area contributed by atoms with Gasteiger partial charge >= 0.3 is 5.97 Å². The van der Waals surface area contributed by atoms with Gasteiger partial charge in [-0.25, -0.2) is 9.37 Å². The van der Waals surface area contributed by atoms with E-state index in [1.807, 2.05) is 18.5 Å². The van der Waals surface area contributed by atoms with Gasteiger partial charge in [-0.05, 0) is 92.8 Å². The lowest BCUT2D eigenvalue weighted by molar-refractivity contribution is -0.144. The molecule has 0 spiro atoms. The van der Waals surface area contributed by atoms with Crippen LogP contribution in [0.1, 0.15) is 62.8 Å². The quantitative estimate of drug-likeness (QED) is 0.318. The van der Waals surface area contributed by atoms with Gasteiger partial charge in [0.2, 0.25) is 0 Å². The summed E-state index contributed by atoms with van der Waals surface area (Å²) in [7, 11) is 0. The van der Waals surface area contributed by atoms with Crippen molar-refractivity contribution in [3.05, 3.63) is 66.2 Å². The van der Waals surface area contributed by atoms with Crippen molar-refractivity contribution in [2.24, 2.45) is 17.8 Å². The van der Waals surface area contributed by atoms with Crippen molar-refractivity contribution in [2.75, 3.05) is 32.7 Å². The number of fused-ring (bicyclic) bond motifs is 1. The Morgan fingerprint density at radius 3 is 2.60 bits per heavy atom. The van der Waals surface area contributed by atoms with Gasteiger partial charge in [0.25, 0.3) is 0 Å². The number of para-hydroxylation sites is 2. The van der Waals surface area contributed by atoms with E-state index >= 15 is 0 Å². The molecule has 7 heteroatoms. The Morgan fingerprint density at radius 1 is 1.02 bits per heavy atom. The lowest BCUT2D eigenvalue weighted by Gasteiger charge is -2.35. The molecule has 1 N–H and O–H groups in total. The number of likely N-dealkylation sites (tertiary alicyclic amines) is 2. The molecule has 3 aromatic rings. The minimum atomic E-state index is -0.699. The van der Waals surface area contributed by atoms with Gasteiger partial charge in [-0.1, -0.05) is 43.5 Å². The van der Waals surface area contributed by atoms with Gasteiger partial charge in [0.15, 0.2) is 0 Å². The van der Waals surface area contributed by atoms with Crippen LogP contribution in [0.15, 0.2) is 54.9 Å². The zero-order chi connectivity index (χ0) is 27.5. The molecule has 3 atom stereocenters. The molecule has 2 aliphatic heterocycles. The van der Waals surface area contributed by atoms with E-state index in [9.17, 15) is 14.3 Å². The van der Waals surface area contributed by atoms with Crippen LogP contribution >= 0.6 is 0 Å². The maximum Gasteiger partial charge on any atom is 0.320 e. The van der Waals surface area contributed by atoms with Gasteiger partial charge in [0, 0.05) is 32.1 Å². The summed E-state index contributed by atoms with van der Waals surface area (Å²) in [5, 5.41) is 10.1. The molecule has 2 aromatic carbocycles. The maximum atomic E-state index is 14.2. The van der Waals surface area contributed by atoms with Crippen LogP contribution in [0.25, 0.3) is 11.0 Å². The third-order valence-electron chi connectivity index (χ3n) is 9.99. The molecule has 1 aliphatic carbocycles. The summed E-state index contributed by atoms with van der Waals surface area (Å²) >= 11 is 0. The molecule has 1 saturated carbocycles. The monoisotopic (exact) mass is 546 g/mol. The largest absolute Gasteiger partial charge is 0.480 e. The number of nitrogens with zero attached hydrogens (tertiary/aromatic N) is 4. The number of benzene rings is 2. The van der Waals surface area contributed by atoms with Crippen molar-refractivity contribution in [2.45, 2.75) is 69.9 Å². The molecule has 3 unspecified atom stereocenters. The molecule has 40 heavy (non-hydrogen) atoms. The van der Waals surface area contributed by atoms with Crippen molar-refractivity contribution in [1.82, 2.24) is 19.4 Å². The van der Waals surface area contributed by atoms with Gasteiger partial charge in [-0.15, -0.1) is 0 Å². The van der Waals surface area contributed by atoms with Crippen LogP contribution in [0.2, 0.25) is 0 Å². The van der Waals surface area contributed by atoms with Gasteiger partial charge in [-0.2, -0.15) is 0 Å². The standard InChI is InChI=1S/C33H43FN4O2/c34-28-10-4-9-26(19-28)29-22-38(32(33(39)40)18-25-6-3-7-25)21-27(29)20-36-16-13-24(14-17-36)8-5-15-37-23-35-30-11-1-2-12-31(30)37/h1-2,4,9-12,19,23-25,27,29,32H,3,5-8,13-18,20-22H2,(H,39,40). The Kier molecular flexibility index (Phi) is 8.49. The number of halogens is 1. The second-order valence-corrected chi connectivity index (χ2v) is 12.6. The van der Waals surface area contributed by atoms with E-state index in [4.69, 9.17) is 0 Å². The first kappa shape index (κ1) is 27.4. The van der Waals surface area contributed by atoms with E-state index in [1.54, 1.807) is 12.1 Å². The Bertz CT molecular complexity index is 1280. The minimum absolute atomic E-state index is 0.168. The van der Waals surface area contributed by atoms with Crippen molar-refractivity contribution >= 4 is 17.0 Å². The van der Waals surface area contributed by atoms with E-state index < -0.39 is 12.0 Å². The summed E-state index contributed by atoms with van der Waals surface area (Å²) in [6.07, 6.45) is 11.1. The number of imidazole rings is 1. The predicted molar refractivity (Wildman–Crippen MR) is 156 cm³/mol. The number of aromatic nitrogens is 2. The normalized spacial score (nSPS) is 23.9. The van der Waals surface area contributed by atoms with E-state index in [0.29, 0.717) is 18.4 Å². The molecular formula is C33H43FN4O2. The van der Waals surface area contributed by atoms with Crippen LogP contribution in [-0.2, 0) is 11.3 Å². The number of hydrogen-bond acceptors (Lipinski definition) is 4. The zero-order valence-corrected chi connectivity index (χ0v) is 23.5. The number of hydrogen-bond donors (Lipinski definition) is 1.